The highest BCUT2D eigenvalue weighted by molar-refractivity contribution is 5.75. The average Bonchev–Trinajstić information content (AvgIpc) is 2.94. The van der Waals surface area contributed by atoms with Gasteiger partial charge in [-0.05, 0) is 73.4 Å². The van der Waals surface area contributed by atoms with Gasteiger partial charge in [-0.2, -0.15) is 0 Å². The first-order valence-electron chi connectivity index (χ1n) is 15.3. The molecule has 3 rings (SSSR count). The van der Waals surface area contributed by atoms with Gasteiger partial charge in [0.1, 0.15) is 5.75 Å². The molecule has 1 aliphatic carbocycles. The number of carbonyl (C=O) groups is 1. The van der Waals surface area contributed by atoms with Gasteiger partial charge >= 0.3 is 5.97 Å². The fourth-order valence-electron chi connectivity index (χ4n) is 5.49. The van der Waals surface area contributed by atoms with E-state index in [1.165, 1.54) is 76.7 Å². The Balaban J connectivity index is 1.41. The molecule has 0 bridgehead atoms. The van der Waals surface area contributed by atoms with Crippen LogP contribution in [0, 0.1) is 17.7 Å². The Kier molecular flexibility index (Phi) is 13.7. The summed E-state index contributed by atoms with van der Waals surface area (Å²) in [5.41, 5.74) is 1.66. The molecule has 2 aromatic carbocycles. The Hall–Kier alpha value is -2.36. The SMILES string of the molecule is CCCCCCCCOc1ccc(-c2ccc(OC(=O)C3CCC(CCCCCCC)CC3)c(F)c2)cc1. The predicted molar refractivity (Wildman–Crippen MR) is 155 cm³/mol. The number of hydrogen-bond donors (Lipinski definition) is 0. The van der Waals surface area contributed by atoms with Crippen molar-refractivity contribution in [1.29, 1.82) is 0 Å². The van der Waals surface area contributed by atoms with E-state index in [0.29, 0.717) is 0 Å². The maximum atomic E-state index is 14.8. The van der Waals surface area contributed by atoms with Crippen molar-refractivity contribution in [2.45, 2.75) is 117 Å². The standard InChI is InChI=1S/C34H49FO3/c1-3-5-7-9-11-13-25-37-31-22-19-28(20-23-31)30-21-24-33(32(35)26-30)38-34(36)29-17-15-27(16-18-29)14-12-10-8-6-4-2/h19-24,26-27,29H,3-18,25H2,1-2H3. The summed E-state index contributed by atoms with van der Waals surface area (Å²) in [6.45, 7) is 5.20. The number of ether oxygens (including phenoxy) is 2. The zero-order chi connectivity index (χ0) is 27.0. The largest absolute Gasteiger partial charge is 0.494 e. The second kappa shape index (κ2) is 17.3. The van der Waals surface area contributed by atoms with E-state index in [-0.39, 0.29) is 17.6 Å². The summed E-state index contributed by atoms with van der Waals surface area (Å²) < 4.78 is 26.2. The van der Waals surface area contributed by atoms with Gasteiger partial charge in [0.05, 0.1) is 12.5 Å². The number of carbonyl (C=O) groups excluding carboxylic acids is 1. The highest BCUT2D eigenvalue weighted by Gasteiger charge is 2.28. The van der Waals surface area contributed by atoms with E-state index in [0.717, 1.165) is 61.5 Å². The van der Waals surface area contributed by atoms with E-state index in [9.17, 15) is 9.18 Å². The summed E-state index contributed by atoms with van der Waals surface area (Å²) in [6, 6.07) is 12.6. The van der Waals surface area contributed by atoms with Crippen LogP contribution in [0.4, 0.5) is 4.39 Å². The lowest BCUT2D eigenvalue weighted by Crippen LogP contribution is -2.26. The molecule has 0 N–H and O–H groups in total. The summed E-state index contributed by atoms with van der Waals surface area (Å²) >= 11 is 0. The summed E-state index contributed by atoms with van der Waals surface area (Å²) in [5, 5.41) is 0. The molecular formula is C34H49FO3. The Labute approximate surface area is 230 Å². The molecule has 0 radical (unpaired) electrons. The topological polar surface area (TPSA) is 35.5 Å². The maximum absolute atomic E-state index is 14.8. The number of esters is 1. The lowest BCUT2D eigenvalue weighted by Gasteiger charge is -2.27. The lowest BCUT2D eigenvalue weighted by atomic mass is 9.80. The van der Waals surface area contributed by atoms with Crippen LogP contribution in [0.5, 0.6) is 11.5 Å². The molecular weight excluding hydrogens is 475 g/mol. The Morgan fingerprint density at radius 3 is 2.03 bits per heavy atom. The Bertz CT molecular complexity index is 931. The van der Waals surface area contributed by atoms with Crippen LogP contribution in [0.3, 0.4) is 0 Å². The molecule has 0 spiro atoms. The van der Waals surface area contributed by atoms with Crippen LogP contribution < -0.4 is 9.47 Å². The minimum Gasteiger partial charge on any atom is -0.494 e. The summed E-state index contributed by atoms with van der Waals surface area (Å²) in [7, 11) is 0. The number of hydrogen-bond acceptors (Lipinski definition) is 3. The zero-order valence-electron chi connectivity index (χ0n) is 23.8. The van der Waals surface area contributed by atoms with Crippen LogP contribution in [-0.2, 0) is 4.79 Å². The molecule has 1 fully saturated rings. The molecule has 0 heterocycles. The normalized spacial score (nSPS) is 17.3. The Morgan fingerprint density at radius 1 is 0.763 bits per heavy atom. The van der Waals surface area contributed by atoms with E-state index in [2.05, 4.69) is 13.8 Å². The first-order valence-corrected chi connectivity index (χ1v) is 15.3. The van der Waals surface area contributed by atoms with Crippen molar-refractivity contribution in [2.24, 2.45) is 11.8 Å². The van der Waals surface area contributed by atoms with Crippen LogP contribution in [-0.4, -0.2) is 12.6 Å². The molecule has 0 saturated heterocycles. The third-order valence-corrected chi connectivity index (χ3v) is 7.99. The lowest BCUT2D eigenvalue weighted by molar-refractivity contribution is -0.140. The second-order valence-electron chi connectivity index (χ2n) is 11.1. The number of unbranched alkanes of at least 4 members (excludes halogenated alkanes) is 9. The molecule has 2 aromatic rings. The molecule has 4 heteroatoms. The van der Waals surface area contributed by atoms with Gasteiger partial charge in [-0.15, -0.1) is 0 Å². The van der Waals surface area contributed by atoms with Crippen molar-refractivity contribution in [3.05, 3.63) is 48.3 Å². The van der Waals surface area contributed by atoms with Gasteiger partial charge in [0.15, 0.2) is 11.6 Å². The molecule has 3 nitrogen and oxygen atoms in total. The van der Waals surface area contributed by atoms with Gasteiger partial charge in [0.25, 0.3) is 0 Å². The third-order valence-electron chi connectivity index (χ3n) is 7.99. The molecule has 0 aromatic heterocycles. The molecule has 38 heavy (non-hydrogen) atoms. The van der Waals surface area contributed by atoms with E-state index in [4.69, 9.17) is 9.47 Å². The van der Waals surface area contributed by atoms with E-state index in [1.807, 2.05) is 30.3 Å². The first-order chi connectivity index (χ1) is 18.6. The van der Waals surface area contributed by atoms with Gasteiger partial charge in [0.2, 0.25) is 0 Å². The molecule has 0 aliphatic heterocycles. The quantitative estimate of drug-likeness (QED) is 0.117. The predicted octanol–water partition coefficient (Wildman–Crippen LogP) is 10.3. The monoisotopic (exact) mass is 524 g/mol. The summed E-state index contributed by atoms with van der Waals surface area (Å²) in [4.78, 5) is 12.7. The summed E-state index contributed by atoms with van der Waals surface area (Å²) in [5.74, 6) is 0.679. The number of halogens is 1. The number of benzene rings is 2. The van der Waals surface area contributed by atoms with Crippen molar-refractivity contribution in [3.63, 3.8) is 0 Å². The van der Waals surface area contributed by atoms with Gasteiger partial charge in [-0.25, -0.2) is 4.39 Å². The average molecular weight is 525 g/mol. The smallest absolute Gasteiger partial charge is 0.314 e. The van der Waals surface area contributed by atoms with E-state index >= 15 is 0 Å². The van der Waals surface area contributed by atoms with Crippen molar-refractivity contribution in [1.82, 2.24) is 0 Å². The molecule has 1 saturated carbocycles. The van der Waals surface area contributed by atoms with Crippen LogP contribution in [0.1, 0.15) is 117 Å². The molecule has 210 valence electrons. The molecule has 0 atom stereocenters. The Morgan fingerprint density at radius 2 is 1.37 bits per heavy atom. The van der Waals surface area contributed by atoms with Crippen molar-refractivity contribution >= 4 is 5.97 Å². The van der Waals surface area contributed by atoms with Gasteiger partial charge in [-0.3, -0.25) is 4.79 Å². The zero-order valence-corrected chi connectivity index (χ0v) is 23.8. The molecule has 0 unspecified atom stereocenters. The highest BCUT2D eigenvalue weighted by atomic mass is 19.1. The minimum absolute atomic E-state index is 0.0238. The third kappa shape index (κ3) is 10.4. The van der Waals surface area contributed by atoms with E-state index in [1.54, 1.807) is 6.07 Å². The van der Waals surface area contributed by atoms with Crippen molar-refractivity contribution in [3.8, 4) is 22.6 Å². The fourth-order valence-corrected chi connectivity index (χ4v) is 5.49. The first kappa shape index (κ1) is 30.2. The van der Waals surface area contributed by atoms with Crippen molar-refractivity contribution < 1.29 is 18.7 Å². The minimum atomic E-state index is -0.500. The molecule has 1 aliphatic rings. The van der Waals surface area contributed by atoms with Crippen LogP contribution in [0.2, 0.25) is 0 Å². The highest BCUT2D eigenvalue weighted by Crippen LogP contribution is 2.34. The van der Waals surface area contributed by atoms with Crippen LogP contribution in [0.15, 0.2) is 42.5 Å². The van der Waals surface area contributed by atoms with Gasteiger partial charge in [0, 0.05) is 0 Å². The maximum Gasteiger partial charge on any atom is 0.314 e. The second-order valence-corrected chi connectivity index (χ2v) is 11.1. The van der Waals surface area contributed by atoms with Crippen LogP contribution >= 0.6 is 0 Å². The van der Waals surface area contributed by atoms with Crippen LogP contribution in [0.25, 0.3) is 11.1 Å². The number of rotatable bonds is 17. The van der Waals surface area contributed by atoms with Gasteiger partial charge in [-0.1, -0.05) is 103 Å². The fraction of sp³-hybridized carbons (Fsp3) is 0.618. The molecule has 0 amide bonds. The summed E-state index contributed by atoms with van der Waals surface area (Å²) in [6.07, 6.45) is 19.1. The van der Waals surface area contributed by atoms with Gasteiger partial charge < -0.3 is 9.47 Å². The van der Waals surface area contributed by atoms with E-state index < -0.39 is 5.82 Å². The van der Waals surface area contributed by atoms with Crippen molar-refractivity contribution in [2.75, 3.05) is 6.61 Å².